The second kappa shape index (κ2) is 10.6. The Morgan fingerprint density at radius 2 is 1.62 bits per heavy atom. The zero-order valence-electron chi connectivity index (χ0n) is 21.2. The predicted octanol–water partition coefficient (Wildman–Crippen LogP) is 2.46. The molecule has 0 saturated carbocycles. The third-order valence-corrected chi connectivity index (χ3v) is 6.79. The van der Waals surface area contributed by atoms with E-state index in [1.165, 1.54) is 32.8 Å². The predicted molar refractivity (Wildman–Crippen MR) is 141 cm³/mol. The molecular weight excluding hydrogens is 524 g/mol. The van der Waals surface area contributed by atoms with Crippen LogP contribution in [0.1, 0.15) is 23.7 Å². The number of hydrogen-bond acceptors (Lipinski definition) is 11. The average Bonchev–Trinajstić information content (AvgIpc) is 3.31. The van der Waals surface area contributed by atoms with Gasteiger partial charge in [0.05, 0.1) is 32.7 Å². The molecule has 5 rings (SSSR count). The number of primary sulfonamides is 1. The molecule has 0 saturated heterocycles. The van der Waals surface area contributed by atoms with Crippen LogP contribution in [-0.2, 0) is 10.0 Å². The van der Waals surface area contributed by atoms with Crippen molar-refractivity contribution in [1.29, 1.82) is 0 Å². The molecule has 1 unspecified atom stereocenters. The van der Waals surface area contributed by atoms with Crippen molar-refractivity contribution in [3.63, 3.8) is 0 Å². The zero-order valence-corrected chi connectivity index (χ0v) is 22.0. The van der Waals surface area contributed by atoms with Gasteiger partial charge in [0.15, 0.2) is 28.2 Å². The number of imidazole rings is 1. The van der Waals surface area contributed by atoms with E-state index in [-0.39, 0.29) is 22.8 Å². The standard InChI is InChI=1S/C25H24N8O5S/c1-4-38-19-11-5-8-15(30-19)24-32-23-25(33(24)20-17(36-2)9-6-10-18(20)37-3)31-16(14-29-23)21(39(26,34)35)22-27-12-7-13-28-22/h5-14,21H,4H2,1-3H3,(H2,26,34,35). The van der Waals surface area contributed by atoms with Crippen LogP contribution in [0.2, 0.25) is 0 Å². The molecule has 1 aromatic carbocycles. The quantitative estimate of drug-likeness (QED) is 0.287. The molecule has 0 aliphatic rings. The summed E-state index contributed by atoms with van der Waals surface area (Å²) >= 11 is 0. The Morgan fingerprint density at radius 3 is 2.26 bits per heavy atom. The Bertz CT molecular complexity index is 1720. The van der Waals surface area contributed by atoms with E-state index in [9.17, 15) is 8.42 Å². The fourth-order valence-corrected chi connectivity index (χ4v) is 4.95. The molecule has 13 nitrogen and oxygen atoms in total. The fraction of sp³-hybridized carbons (Fsp3) is 0.200. The summed E-state index contributed by atoms with van der Waals surface area (Å²) in [6.07, 6.45) is 4.13. The number of nitrogens with two attached hydrogens (primary N) is 1. The van der Waals surface area contributed by atoms with Gasteiger partial charge in [-0.05, 0) is 31.2 Å². The number of para-hydroxylation sites is 1. The minimum Gasteiger partial charge on any atom is -0.494 e. The highest BCUT2D eigenvalue weighted by molar-refractivity contribution is 7.89. The maximum Gasteiger partial charge on any atom is 0.225 e. The molecule has 0 aliphatic heterocycles. The number of nitrogens with zero attached hydrogens (tertiary/aromatic N) is 7. The van der Waals surface area contributed by atoms with Crippen LogP contribution in [0.3, 0.4) is 0 Å². The lowest BCUT2D eigenvalue weighted by atomic mass is 10.2. The van der Waals surface area contributed by atoms with Crippen LogP contribution in [0.15, 0.2) is 61.1 Å². The van der Waals surface area contributed by atoms with Crippen molar-refractivity contribution in [3.05, 3.63) is 72.6 Å². The maximum atomic E-state index is 12.7. The Labute approximate surface area is 223 Å². The molecule has 0 spiro atoms. The van der Waals surface area contributed by atoms with Crippen LogP contribution in [0.5, 0.6) is 17.4 Å². The molecule has 14 heteroatoms. The van der Waals surface area contributed by atoms with Gasteiger partial charge < -0.3 is 14.2 Å². The van der Waals surface area contributed by atoms with E-state index in [1.807, 2.05) is 6.92 Å². The van der Waals surface area contributed by atoms with E-state index in [1.54, 1.807) is 47.0 Å². The first-order valence-electron chi connectivity index (χ1n) is 11.7. The van der Waals surface area contributed by atoms with Gasteiger partial charge in [-0.3, -0.25) is 4.57 Å². The number of methoxy groups -OCH3 is 2. The lowest BCUT2D eigenvalue weighted by Crippen LogP contribution is -2.25. The number of aromatic nitrogens is 7. The van der Waals surface area contributed by atoms with Gasteiger partial charge in [-0.15, -0.1) is 0 Å². The SMILES string of the molecule is CCOc1cccc(-c2nc3ncc(C(c4ncccn4)S(N)(=O)=O)nc3n2-c2c(OC)cccc2OC)n1. The Kier molecular flexibility index (Phi) is 7.04. The second-order valence-electron chi connectivity index (χ2n) is 8.09. The summed E-state index contributed by atoms with van der Waals surface area (Å²) in [5.74, 6) is 1.59. The van der Waals surface area contributed by atoms with Gasteiger partial charge in [-0.1, -0.05) is 12.1 Å². The molecule has 2 N–H and O–H groups in total. The van der Waals surface area contributed by atoms with Crippen LogP contribution in [0.4, 0.5) is 0 Å². The zero-order chi connectivity index (χ0) is 27.6. The van der Waals surface area contributed by atoms with Gasteiger partial charge in [0.2, 0.25) is 15.9 Å². The number of hydrogen-bond donors (Lipinski definition) is 1. The van der Waals surface area contributed by atoms with Gasteiger partial charge in [-0.2, -0.15) is 0 Å². The first-order chi connectivity index (χ1) is 18.9. The lowest BCUT2D eigenvalue weighted by molar-refractivity contribution is 0.327. The van der Waals surface area contributed by atoms with E-state index in [0.29, 0.717) is 41.2 Å². The molecule has 200 valence electrons. The van der Waals surface area contributed by atoms with Crippen molar-refractivity contribution in [2.75, 3.05) is 20.8 Å². The average molecular weight is 549 g/mol. The number of fused-ring (bicyclic) bond motifs is 1. The number of benzene rings is 1. The van der Waals surface area contributed by atoms with Crippen molar-refractivity contribution in [3.8, 4) is 34.6 Å². The van der Waals surface area contributed by atoms with E-state index < -0.39 is 15.3 Å². The van der Waals surface area contributed by atoms with Gasteiger partial charge in [0.25, 0.3) is 0 Å². The Hall–Kier alpha value is -4.69. The normalized spacial score (nSPS) is 12.3. The number of pyridine rings is 1. The first-order valence-corrected chi connectivity index (χ1v) is 13.3. The van der Waals surface area contributed by atoms with E-state index in [4.69, 9.17) is 24.3 Å². The molecule has 4 heterocycles. The number of rotatable bonds is 9. The van der Waals surface area contributed by atoms with Gasteiger partial charge in [0, 0.05) is 18.5 Å². The highest BCUT2D eigenvalue weighted by atomic mass is 32.2. The van der Waals surface area contributed by atoms with Crippen molar-refractivity contribution >= 4 is 21.3 Å². The molecule has 0 radical (unpaired) electrons. The van der Waals surface area contributed by atoms with Crippen molar-refractivity contribution in [1.82, 2.24) is 34.5 Å². The van der Waals surface area contributed by atoms with Crippen molar-refractivity contribution in [2.45, 2.75) is 12.2 Å². The third-order valence-electron chi connectivity index (χ3n) is 5.68. The van der Waals surface area contributed by atoms with Crippen LogP contribution in [0.25, 0.3) is 28.5 Å². The van der Waals surface area contributed by atoms with Crippen LogP contribution in [0, 0.1) is 0 Å². The molecule has 0 aliphatic carbocycles. The summed E-state index contributed by atoms with van der Waals surface area (Å²) in [5.41, 5.74) is 1.34. The number of ether oxygens (including phenoxy) is 3. The highest BCUT2D eigenvalue weighted by Crippen LogP contribution is 2.38. The summed E-state index contributed by atoms with van der Waals surface area (Å²) in [6.45, 7) is 2.28. The summed E-state index contributed by atoms with van der Waals surface area (Å²) in [6, 6.07) is 12.1. The summed E-state index contributed by atoms with van der Waals surface area (Å²) < 4.78 is 43.9. The fourth-order valence-electron chi connectivity index (χ4n) is 4.09. The molecule has 39 heavy (non-hydrogen) atoms. The molecule has 0 fully saturated rings. The first kappa shape index (κ1) is 25.9. The van der Waals surface area contributed by atoms with Gasteiger partial charge in [-0.25, -0.2) is 43.5 Å². The van der Waals surface area contributed by atoms with Gasteiger partial charge in [0.1, 0.15) is 22.9 Å². The summed E-state index contributed by atoms with van der Waals surface area (Å²) in [5, 5.41) is 4.14. The monoisotopic (exact) mass is 548 g/mol. The Morgan fingerprint density at radius 1 is 0.923 bits per heavy atom. The topological polar surface area (TPSA) is 170 Å². The van der Waals surface area contributed by atoms with E-state index >= 15 is 0 Å². The summed E-state index contributed by atoms with van der Waals surface area (Å²) in [4.78, 5) is 26.6. The third kappa shape index (κ3) is 4.94. The molecule has 5 aromatic rings. The minimum absolute atomic E-state index is 0.00814. The molecular formula is C25H24N8O5S. The second-order valence-corrected chi connectivity index (χ2v) is 9.74. The number of sulfonamides is 1. The highest BCUT2D eigenvalue weighted by Gasteiger charge is 2.32. The molecule has 0 amide bonds. The summed E-state index contributed by atoms with van der Waals surface area (Å²) in [7, 11) is -1.20. The van der Waals surface area contributed by atoms with Crippen molar-refractivity contribution in [2.24, 2.45) is 5.14 Å². The van der Waals surface area contributed by atoms with Crippen LogP contribution in [-0.4, -0.2) is 63.7 Å². The molecule has 0 bridgehead atoms. The Balaban J connectivity index is 1.85. The van der Waals surface area contributed by atoms with Crippen LogP contribution < -0.4 is 19.3 Å². The van der Waals surface area contributed by atoms with E-state index in [0.717, 1.165) is 0 Å². The van der Waals surface area contributed by atoms with E-state index in [2.05, 4.69) is 24.9 Å². The lowest BCUT2D eigenvalue weighted by Gasteiger charge is -2.17. The maximum absolute atomic E-state index is 12.7. The van der Waals surface area contributed by atoms with Crippen LogP contribution >= 0.6 is 0 Å². The molecule has 4 aromatic heterocycles. The van der Waals surface area contributed by atoms with Gasteiger partial charge >= 0.3 is 0 Å². The molecule has 1 atom stereocenters. The largest absolute Gasteiger partial charge is 0.494 e. The van der Waals surface area contributed by atoms with Crippen molar-refractivity contribution < 1.29 is 22.6 Å². The smallest absolute Gasteiger partial charge is 0.225 e. The minimum atomic E-state index is -4.24.